The number of aromatic nitrogens is 1. The van der Waals surface area contributed by atoms with E-state index in [2.05, 4.69) is 27.4 Å². The second kappa shape index (κ2) is 6.02. The molecule has 6 heteroatoms. The molecular weight excluding hydrogens is 338 g/mol. The second-order valence-electron chi connectivity index (χ2n) is 6.77. The van der Waals surface area contributed by atoms with Gasteiger partial charge >= 0.3 is 0 Å². The number of nitrogens with one attached hydrogen (secondary N) is 3. The Morgan fingerprint density at radius 3 is 2.70 bits per heavy atom. The average Bonchev–Trinajstić information content (AvgIpc) is 3.31. The fourth-order valence-electron chi connectivity index (χ4n) is 3.47. The van der Waals surface area contributed by atoms with E-state index in [-0.39, 0.29) is 5.84 Å². The highest BCUT2D eigenvalue weighted by Gasteiger charge is 2.12. The molecule has 27 heavy (non-hydrogen) atoms. The quantitative estimate of drug-likeness (QED) is 0.333. The van der Waals surface area contributed by atoms with Crippen LogP contribution in [0.3, 0.4) is 0 Å². The molecule has 4 aromatic rings. The van der Waals surface area contributed by atoms with E-state index in [4.69, 9.17) is 15.6 Å². The Morgan fingerprint density at radius 1 is 1.04 bits per heavy atom. The number of amidine groups is 2. The van der Waals surface area contributed by atoms with Crippen LogP contribution >= 0.6 is 0 Å². The van der Waals surface area contributed by atoms with Gasteiger partial charge in [0.2, 0.25) is 0 Å². The first kappa shape index (κ1) is 15.7. The molecule has 0 aliphatic carbocycles. The van der Waals surface area contributed by atoms with Crippen molar-refractivity contribution in [2.75, 3.05) is 13.1 Å². The van der Waals surface area contributed by atoms with E-state index in [1.807, 2.05) is 36.4 Å². The minimum Gasteiger partial charge on any atom is -0.456 e. The smallest absolute Gasteiger partial charge is 0.139 e. The number of aliphatic imine (C=N–C) groups is 1. The lowest BCUT2D eigenvalue weighted by Gasteiger charge is -2.14. The number of benzene rings is 2. The van der Waals surface area contributed by atoms with Crippen LogP contribution in [-0.2, 0) is 0 Å². The number of nitrogens with zero attached hydrogens (tertiary/aromatic N) is 1. The molecule has 1 aliphatic rings. The summed E-state index contributed by atoms with van der Waals surface area (Å²) in [4.78, 5) is 7.73. The maximum Gasteiger partial charge on any atom is 0.139 e. The third-order valence-corrected chi connectivity index (χ3v) is 4.89. The van der Waals surface area contributed by atoms with Crippen LogP contribution in [0.2, 0.25) is 0 Å². The third kappa shape index (κ3) is 2.75. The number of furan rings is 1. The summed E-state index contributed by atoms with van der Waals surface area (Å²) in [5.74, 6) is 1.77. The Bertz CT molecular complexity index is 1210. The molecule has 2 aromatic heterocycles. The lowest BCUT2D eigenvalue weighted by molar-refractivity contribution is 0.631. The van der Waals surface area contributed by atoms with Crippen molar-refractivity contribution in [2.45, 2.75) is 6.42 Å². The van der Waals surface area contributed by atoms with Gasteiger partial charge < -0.3 is 20.5 Å². The van der Waals surface area contributed by atoms with Crippen molar-refractivity contribution in [1.29, 1.82) is 5.41 Å². The zero-order chi connectivity index (χ0) is 18.4. The molecule has 1 aliphatic heterocycles. The maximum absolute atomic E-state index is 7.58. The van der Waals surface area contributed by atoms with E-state index in [1.165, 1.54) is 0 Å². The standard InChI is InChI=1S/C21H19N5O/c22-20(23)17-8-12-2-3-13(9-16(12)26-17)18-10-14-4-5-15(11-19(14)27-18)21-24-6-1-7-25-21/h2-5,8-11,26H,1,6-7H2,(H3,22,23)(H,24,25). The molecule has 3 heterocycles. The Labute approximate surface area is 155 Å². The van der Waals surface area contributed by atoms with E-state index in [9.17, 15) is 0 Å². The van der Waals surface area contributed by atoms with Gasteiger partial charge in [0.1, 0.15) is 23.0 Å². The van der Waals surface area contributed by atoms with Crippen LogP contribution in [0, 0.1) is 5.41 Å². The highest BCUT2D eigenvalue weighted by atomic mass is 16.3. The van der Waals surface area contributed by atoms with E-state index >= 15 is 0 Å². The van der Waals surface area contributed by atoms with E-state index in [1.54, 1.807) is 0 Å². The number of nitrogens with two attached hydrogens (primary N) is 1. The number of rotatable bonds is 3. The summed E-state index contributed by atoms with van der Waals surface area (Å²) >= 11 is 0. The minimum absolute atomic E-state index is 0.0308. The highest BCUT2D eigenvalue weighted by molar-refractivity contribution is 6.02. The van der Waals surface area contributed by atoms with Gasteiger partial charge in [-0.05, 0) is 30.7 Å². The molecule has 0 amide bonds. The van der Waals surface area contributed by atoms with Crippen molar-refractivity contribution in [3.8, 4) is 11.3 Å². The maximum atomic E-state index is 7.58. The lowest BCUT2D eigenvalue weighted by Crippen LogP contribution is -2.30. The molecule has 2 aromatic carbocycles. The lowest BCUT2D eigenvalue weighted by atomic mass is 10.1. The number of aromatic amines is 1. The summed E-state index contributed by atoms with van der Waals surface area (Å²) in [6, 6.07) is 16.2. The van der Waals surface area contributed by atoms with Crippen LogP contribution < -0.4 is 11.1 Å². The van der Waals surface area contributed by atoms with E-state index < -0.39 is 0 Å². The fourth-order valence-corrected chi connectivity index (χ4v) is 3.47. The fraction of sp³-hybridized carbons (Fsp3) is 0.143. The number of hydrogen-bond acceptors (Lipinski definition) is 4. The predicted octanol–water partition coefficient (Wildman–Crippen LogP) is 3.61. The largest absolute Gasteiger partial charge is 0.456 e. The zero-order valence-electron chi connectivity index (χ0n) is 14.7. The predicted molar refractivity (Wildman–Crippen MR) is 109 cm³/mol. The second-order valence-corrected chi connectivity index (χ2v) is 6.77. The van der Waals surface area contributed by atoms with Crippen molar-refractivity contribution in [3.63, 3.8) is 0 Å². The van der Waals surface area contributed by atoms with Crippen LogP contribution in [0.4, 0.5) is 0 Å². The summed E-state index contributed by atoms with van der Waals surface area (Å²) in [5.41, 5.74) is 9.99. The first-order chi connectivity index (χ1) is 13.2. The first-order valence-corrected chi connectivity index (χ1v) is 8.97. The van der Waals surface area contributed by atoms with Crippen LogP contribution in [0.5, 0.6) is 0 Å². The molecular formula is C21H19N5O. The zero-order valence-corrected chi connectivity index (χ0v) is 14.7. The van der Waals surface area contributed by atoms with Gasteiger partial charge in [-0.15, -0.1) is 0 Å². The van der Waals surface area contributed by atoms with Crippen molar-refractivity contribution in [1.82, 2.24) is 10.3 Å². The van der Waals surface area contributed by atoms with Crippen molar-refractivity contribution >= 4 is 33.5 Å². The SMILES string of the molecule is N=C(N)c1cc2ccc(-c3cc4ccc(C5=NCCCN5)cc4o3)cc2[nH]1. The van der Waals surface area contributed by atoms with Gasteiger partial charge in [0.25, 0.3) is 0 Å². The number of H-pyrrole nitrogens is 1. The van der Waals surface area contributed by atoms with E-state index in [0.29, 0.717) is 5.69 Å². The molecule has 0 bridgehead atoms. The molecule has 0 radical (unpaired) electrons. The van der Waals surface area contributed by atoms with Gasteiger partial charge in [-0.2, -0.15) is 0 Å². The van der Waals surface area contributed by atoms with E-state index in [0.717, 1.165) is 64.1 Å². The Hall–Kier alpha value is -3.54. The van der Waals surface area contributed by atoms with Crippen molar-refractivity contribution in [2.24, 2.45) is 10.7 Å². The van der Waals surface area contributed by atoms with Crippen LogP contribution in [-0.4, -0.2) is 29.7 Å². The minimum atomic E-state index is 0.0308. The molecule has 0 unspecified atom stereocenters. The van der Waals surface area contributed by atoms with Gasteiger partial charge in [0.15, 0.2) is 0 Å². The number of fused-ring (bicyclic) bond motifs is 2. The molecule has 0 saturated carbocycles. The molecule has 5 N–H and O–H groups in total. The summed E-state index contributed by atoms with van der Waals surface area (Å²) in [5, 5.41) is 13.0. The van der Waals surface area contributed by atoms with Crippen molar-refractivity contribution < 1.29 is 4.42 Å². The molecule has 134 valence electrons. The molecule has 0 atom stereocenters. The first-order valence-electron chi connectivity index (χ1n) is 8.97. The molecule has 6 nitrogen and oxygen atoms in total. The topological polar surface area (TPSA) is 103 Å². The Balaban J connectivity index is 1.55. The normalized spacial score (nSPS) is 14.3. The van der Waals surface area contributed by atoms with Gasteiger partial charge in [0.05, 0.1) is 5.69 Å². The van der Waals surface area contributed by atoms with Crippen molar-refractivity contribution in [3.05, 3.63) is 59.8 Å². The number of nitrogen functional groups attached to an aromatic ring is 1. The monoisotopic (exact) mass is 357 g/mol. The summed E-state index contributed by atoms with van der Waals surface area (Å²) in [7, 11) is 0. The van der Waals surface area contributed by atoms with Gasteiger partial charge in [0, 0.05) is 40.5 Å². The molecule has 0 spiro atoms. The Morgan fingerprint density at radius 2 is 1.89 bits per heavy atom. The molecule has 5 rings (SSSR count). The Kier molecular flexibility index (Phi) is 3.50. The number of hydrogen-bond donors (Lipinski definition) is 4. The summed E-state index contributed by atoms with van der Waals surface area (Å²) in [6.45, 7) is 1.82. The molecule has 0 fully saturated rings. The van der Waals surface area contributed by atoms with Gasteiger partial charge in [-0.3, -0.25) is 10.4 Å². The van der Waals surface area contributed by atoms with Gasteiger partial charge in [-0.1, -0.05) is 24.3 Å². The highest BCUT2D eigenvalue weighted by Crippen LogP contribution is 2.30. The van der Waals surface area contributed by atoms with Crippen LogP contribution in [0.25, 0.3) is 33.2 Å². The van der Waals surface area contributed by atoms with Crippen LogP contribution in [0.1, 0.15) is 17.7 Å². The van der Waals surface area contributed by atoms with Crippen LogP contribution in [0.15, 0.2) is 57.9 Å². The third-order valence-electron chi connectivity index (χ3n) is 4.89. The average molecular weight is 357 g/mol. The summed E-state index contributed by atoms with van der Waals surface area (Å²) < 4.78 is 6.13. The molecule has 0 saturated heterocycles. The van der Waals surface area contributed by atoms with Gasteiger partial charge in [-0.25, -0.2) is 0 Å². The summed E-state index contributed by atoms with van der Waals surface area (Å²) in [6.07, 6.45) is 1.07.